The Morgan fingerprint density at radius 2 is 1.96 bits per heavy atom. The zero-order valence-electron chi connectivity index (χ0n) is 15.1. The summed E-state index contributed by atoms with van der Waals surface area (Å²) in [7, 11) is 0. The van der Waals surface area contributed by atoms with Gasteiger partial charge in [-0.2, -0.15) is 10.2 Å². The molecule has 3 rings (SSSR count). The fourth-order valence-corrected chi connectivity index (χ4v) is 2.63. The van der Waals surface area contributed by atoms with E-state index < -0.39 is 0 Å². The molecule has 0 aliphatic rings. The van der Waals surface area contributed by atoms with Gasteiger partial charge in [-0.3, -0.25) is 9.59 Å². The topological polar surface area (TPSA) is 127 Å². The number of rotatable bonds is 5. The molecule has 138 valence electrons. The van der Waals surface area contributed by atoms with Crippen LogP contribution in [0.3, 0.4) is 0 Å². The van der Waals surface area contributed by atoms with E-state index in [1.807, 2.05) is 26.0 Å². The van der Waals surface area contributed by atoms with Crippen LogP contribution in [0.1, 0.15) is 27.3 Å². The van der Waals surface area contributed by atoms with Crippen molar-refractivity contribution in [2.24, 2.45) is 0 Å². The molecule has 0 saturated carbocycles. The van der Waals surface area contributed by atoms with Crippen LogP contribution in [-0.2, 0) is 6.42 Å². The highest BCUT2D eigenvalue weighted by Crippen LogP contribution is 2.22. The van der Waals surface area contributed by atoms with Gasteiger partial charge in [0.25, 0.3) is 11.5 Å². The number of nitrogen functional groups attached to an aromatic ring is 1. The van der Waals surface area contributed by atoms with E-state index >= 15 is 0 Å². The molecule has 27 heavy (non-hydrogen) atoms. The number of benzene rings is 1. The van der Waals surface area contributed by atoms with Gasteiger partial charge in [0.05, 0.1) is 11.9 Å². The summed E-state index contributed by atoms with van der Waals surface area (Å²) in [6.45, 7) is 4.31. The highest BCUT2D eigenvalue weighted by molar-refractivity contribution is 5.94. The molecule has 0 bridgehead atoms. The van der Waals surface area contributed by atoms with Gasteiger partial charge in [-0.1, -0.05) is 12.1 Å². The molecule has 1 aromatic carbocycles. The molecule has 0 aliphatic carbocycles. The lowest BCUT2D eigenvalue weighted by molar-refractivity contribution is 0.0954. The number of aryl methyl sites for hydroxylation is 1. The predicted octanol–water partition coefficient (Wildman–Crippen LogP) is 1.40. The minimum Gasteiger partial charge on any atom is -0.383 e. The lowest BCUT2D eigenvalue weighted by atomic mass is 10.0. The van der Waals surface area contributed by atoms with E-state index in [2.05, 4.69) is 25.5 Å². The normalized spacial score (nSPS) is 10.6. The van der Waals surface area contributed by atoms with Crippen LogP contribution in [0.5, 0.6) is 0 Å². The van der Waals surface area contributed by atoms with Crippen molar-refractivity contribution >= 4 is 11.7 Å². The van der Waals surface area contributed by atoms with Crippen LogP contribution in [0.25, 0.3) is 11.3 Å². The summed E-state index contributed by atoms with van der Waals surface area (Å²) in [5.41, 5.74) is 9.59. The monoisotopic (exact) mass is 364 g/mol. The molecule has 2 aromatic heterocycles. The molecule has 0 atom stereocenters. The number of nitrogens with two attached hydrogens (primary N) is 1. The molecule has 0 saturated heterocycles. The summed E-state index contributed by atoms with van der Waals surface area (Å²) in [6.07, 6.45) is 2.10. The highest BCUT2D eigenvalue weighted by atomic mass is 16.1. The van der Waals surface area contributed by atoms with Crippen molar-refractivity contribution in [1.82, 2.24) is 25.5 Å². The van der Waals surface area contributed by atoms with Gasteiger partial charge in [0, 0.05) is 30.2 Å². The van der Waals surface area contributed by atoms with Crippen LogP contribution in [0, 0.1) is 13.8 Å². The van der Waals surface area contributed by atoms with Crippen molar-refractivity contribution in [3.05, 3.63) is 69.4 Å². The van der Waals surface area contributed by atoms with Gasteiger partial charge in [-0.15, -0.1) is 0 Å². The number of carbonyl (C=O) groups is 1. The molecular weight excluding hydrogens is 344 g/mol. The fourth-order valence-electron chi connectivity index (χ4n) is 2.63. The quantitative estimate of drug-likeness (QED) is 0.628. The van der Waals surface area contributed by atoms with Crippen LogP contribution >= 0.6 is 0 Å². The number of hydrogen-bond acceptors (Lipinski definition) is 6. The number of anilines is 1. The van der Waals surface area contributed by atoms with Crippen molar-refractivity contribution in [2.45, 2.75) is 20.3 Å². The summed E-state index contributed by atoms with van der Waals surface area (Å²) in [6, 6.07) is 8.40. The van der Waals surface area contributed by atoms with Gasteiger partial charge in [-0.05, 0) is 37.1 Å². The first kappa shape index (κ1) is 18.2. The van der Waals surface area contributed by atoms with Crippen molar-refractivity contribution < 1.29 is 4.79 Å². The third-order valence-corrected chi connectivity index (χ3v) is 4.23. The van der Waals surface area contributed by atoms with Crippen LogP contribution in [0.15, 0.2) is 41.3 Å². The van der Waals surface area contributed by atoms with E-state index in [9.17, 15) is 9.59 Å². The largest absolute Gasteiger partial charge is 0.383 e. The molecule has 2 heterocycles. The summed E-state index contributed by atoms with van der Waals surface area (Å²) in [4.78, 5) is 30.2. The first-order chi connectivity index (χ1) is 12.9. The summed E-state index contributed by atoms with van der Waals surface area (Å²) in [5, 5.41) is 11.0. The van der Waals surface area contributed by atoms with Gasteiger partial charge in [0.2, 0.25) is 0 Å². The Bertz CT molecular complexity index is 1030. The average Bonchev–Trinajstić information content (AvgIpc) is 2.63. The molecule has 0 aliphatic heterocycles. The first-order valence-electron chi connectivity index (χ1n) is 8.47. The zero-order chi connectivity index (χ0) is 19.4. The van der Waals surface area contributed by atoms with E-state index in [0.29, 0.717) is 24.4 Å². The second-order valence-corrected chi connectivity index (χ2v) is 6.20. The molecule has 8 nitrogen and oxygen atoms in total. The van der Waals surface area contributed by atoms with Crippen LogP contribution in [0.4, 0.5) is 5.82 Å². The zero-order valence-corrected chi connectivity index (χ0v) is 15.1. The van der Waals surface area contributed by atoms with E-state index in [0.717, 1.165) is 22.4 Å². The van der Waals surface area contributed by atoms with Gasteiger partial charge < -0.3 is 16.0 Å². The number of H-pyrrole nitrogens is 1. The van der Waals surface area contributed by atoms with Gasteiger partial charge in [0.15, 0.2) is 0 Å². The molecule has 0 radical (unpaired) electrons. The maximum Gasteiger partial charge on any atom is 0.252 e. The SMILES string of the molecule is Cc1cnnc(-c2ccc(C(=O)NCCc3nc(N)cc(=O)[nH]3)cc2)c1C. The molecule has 3 aromatic rings. The Labute approximate surface area is 155 Å². The van der Waals surface area contributed by atoms with Crippen molar-refractivity contribution in [3.63, 3.8) is 0 Å². The summed E-state index contributed by atoms with van der Waals surface area (Å²) < 4.78 is 0. The predicted molar refractivity (Wildman–Crippen MR) is 102 cm³/mol. The minimum atomic E-state index is -0.311. The molecule has 0 fully saturated rings. The molecule has 0 unspecified atom stereocenters. The average molecular weight is 364 g/mol. The lowest BCUT2D eigenvalue weighted by Gasteiger charge is -2.08. The van der Waals surface area contributed by atoms with Crippen molar-refractivity contribution in [2.75, 3.05) is 12.3 Å². The van der Waals surface area contributed by atoms with E-state index in [-0.39, 0.29) is 17.3 Å². The van der Waals surface area contributed by atoms with Crippen LogP contribution in [0.2, 0.25) is 0 Å². The number of amides is 1. The number of aromatic amines is 1. The lowest BCUT2D eigenvalue weighted by Crippen LogP contribution is -2.26. The van der Waals surface area contributed by atoms with E-state index in [4.69, 9.17) is 5.73 Å². The van der Waals surface area contributed by atoms with E-state index in [1.54, 1.807) is 18.3 Å². The first-order valence-corrected chi connectivity index (χ1v) is 8.47. The standard InChI is InChI=1S/C19H20N6O2/c1-11-10-22-25-18(12(11)2)13-3-5-14(6-4-13)19(27)21-8-7-16-23-15(20)9-17(26)24-16/h3-6,9-10H,7-8H2,1-2H3,(H,21,27)(H3,20,23,24,26). The van der Waals surface area contributed by atoms with Crippen molar-refractivity contribution in [3.8, 4) is 11.3 Å². The Hall–Kier alpha value is -3.55. The smallest absolute Gasteiger partial charge is 0.252 e. The molecule has 4 N–H and O–H groups in total. The Morgan fingerprint density at radius 1 is 1.22 bits per heavy atom. The molecule has 1 amide bonds. The number of nitrogens with zero attached hydrogens (tertiary/aromatic N) is 3. The number of hydrogen-bond donors (Lipinski definition) is 3. The summed E-state index contributed by atoms with van der Waals surface area (Å²) in [5.74, 6) is 0.384. The molecule has 8 heteroatoms. The number of carbonyl (C=O) groups excluding carboxylic acids is 1. The minimum absolute atomic E-state index is 0.158. The molecular formula is C19H20N6O2. The van der Waals surface area contributed by atoms with E-state index in [1.165, 1.54) is 6.07 Å². The second-order valence-electron chi connectivity index (χ2n) is 6.20. The maximum absolute atomic E-state index is 12.3. The molecule has 0 spiro atoms. The second kappa shape index (κ2) is 7.77. The number of aromatic nitrogens is 4. The van der Waals surface area contributed by atoms with Gasteiger partial charge >= 0.3 is 0 Å². The highest BCUT2D eigenvalue weighted by Gasteiger charge is 2.09. The third kappa shape index (κ3) is 4.35. The third-order valence-electron chi connectivity index (χ3n) is 4.23. The van der Waals surface area contributed by atoms with Gasteiger partial charge in [-0.25, -0.2) is 4.98 Å². The maximum atomic E-state index is 12.3. The fraction of sp³-hybridized carbons (Fsp3) is 0.211. The Kier molecular flexibility index (Phi) is 5.25. The Balaban J connectivity index is 1.64. The van der Waals surface area contributed by atoms with Gasteiger partial charge in [0.1, 0.15) is 11.6 Å². The summed E-state index contributed by atoms with van der Waals surface area (Å²) >= 11 is 0. The van der Waals surface area contributed by atoms with Crippen LogP contribution in [-0.4, -0.2) is 32.6 Å². The van der Waals surface area contributed by atoms with Crippen LogP contribution < -0.4 is 16.6 Å². The Morgan fingerprint density at radius 3 is 2.67 bits per heavy atom. The van der Waals surface area contributed by atoms with Crippen molar-refractivity contribution in [1.29, 1.82) is 0 Å². The number of nitrogens with one attached hydrogen (secondary N) is 2.